The molecule has 5 aromatic heterocycles. The molecule has 9 amide bonds. The highest BCUT2D eigenvalue weighted by Crippen LogP contribution is 2.27. The quantitative estimate of drug-likeness (QED) is 0.0540. The number of imidazole rings is 1. The van der Waals surface area contributed by atoms with Crippen molar-refractivity contribution in [3.63, 3.8) is 0 Å². The number of hydrogen-bond donors (Lipinski definition) is 16. The highest BCUT2D eigenvalue weighted by atomic mass is 16.5. The first-order valence-corrected chi connectivity index (χ1v) is 33.2. The zero-order valence-corrected chi connectivity index (χ0v) is 60.4. The maximum Gasteiger partial charge on any atom is 0.248 e. The largest absolute Gasteiger partial charge is 0.461 e. The summed E-state index contributed by atoms with van der Waals surface area (Å²) >= 11 is 0. The number of nitrogens with zero attached hydrogens (tertiary/aromatic N) is 4. The van der Waals surface area contributed by atoms with Crippen molar-refractivity contribution in [3.8, 4) is 0 Å². The number of carbonyl (C=O) groups excluding carboxylic acids is 9. The summed E-state index contributed by atoms with van der Waals surface area (Å²) in [6.07, 6.45) is 7.83. The molecular formula is C77H100N20O11. The van der Waals surface area contributed by atoms with Gasteiger partial charge >= 0.3 is 0 Å². The van der Waals surface area contributed by atoms with Crippen LogP contribution >= 0.6 is 0 Å². The van der Waals surface area contributed by atoms with Crippen LogP contribution in [0.4, 0.5) is 57.5 Å². The van der Waals surface area contributed by atoms with E-state index < -0.39 is 5.91 Å². The van der Waals surface area contributed by atoms with Crippen LogP contribution in [0.25, 0.3) is 43.7 Å². The fraction of sp³-hybridized carbons (Fsp3) is 0.260. The van der Waals surface area contributed by atoms with Crippen LogP contribution in [0.5, 0.6) is 0 Å². The molecule has 23 N–H and O–H groups in total. The van der Waals surface area contributed by atoms with E-state index in [1.807, 2.05) is 85.8 Å². The van der Waals surface area contributed by atoms with Gasteiger partial charge in [0.15, 0.2) is 17.3 Å². The lowest BCUT2D eigenvalue weighted by molar-refractivity contribution is -0.120. The number of carbonyl (C=O) groups is 9. The molecule has 0 radical (unpaired) electrons. The molecule has 0 spiro atoms. The number of primary amides is 1. The number of benzene rings is 6. The lowest BCUT2D eigenvalue weighted by atomic mass is 9.86. The Balaban J connectivity index is 0.000000320. The number of hydrogen-bond acceptors (Lipinski definition) is 21. The van der Waals surface area contributed by atoms with Gasteiger partial charge in [-0.2, -0.15) is 0 Å². The molecule has 31 heteroatoms. The standard InChI is InChI=1S/C11H11N3O.C11H11NO2.C9H10N4O.C9H9N3O2.C9H10N2O2.C9H18N2O.C9H12N2O.C8H11N3O.2CH4/c1-7(15)14-9-2-3-10-8(6-9)4-5-13-11(10)12;1-7-5-9-3-4-10(12-8(2)13)6-11(9)14-7;1-5(14)11-6-2-3-7-8(4-6)13-9(10)12-7;1-5(13)11-6-2-3-8-7(4-6)9(10)12-14-8;1-6(12)11-8-4-2-3-7(5-8)9(10)13;2*1-7(12)11-9-4-2-8(6-10)3-5-9;1-6(12)10-4-7-2-3-8(9)11-5-7;;/h2-6H,1H3,(H2,12,13)(H,14,15);3-6H,1-2H3,(H,12,13);2-4H,1H3,(H,11,14)(H3,10,12,13);2-4H,1H3,(H2,10,12)(H,11,13);2-5H,1H3,(H2,10,13)(H,11,12);8-9H,2-6,10H2,1H3,(H,11,12);2-5H,6,10H2,1H3,(H,11,12);2-3,5H,4H2,1H3,(H2,9,11)(H,10,12);2*1H4. The van der Waals surface area contributed by atoms with E-state index >= 15 is 0 Å². The van der Waals surface area contributed by atoms with E-state index in [0.717, 1.165) is 91.8 Å². The van der Waals surface area contributed by atoms with E-state index in [9.17, 15) is 43.2 Å². The first-order chi connectivity index (χ1) is 50.3. The Morgan fingerprint density at radius 2 is 1.04 bits per heavy atom. The summed E-state index contributed by atoms with van der Waals surface area (Å²) in [4.78, 5) is 111. The summed E-state index contributed by atoms with van der Waals surface area (Å²) in [5.41, 5.74) is 47.9. The van der Waals surface area contributed by atoms with Crippen molar-refractivity contribution >= 4 is 154 Å². The Bertz CT molecular complexity index is 4680. The van der Waals surface area contributed by atoms with E-state index in [4.69, 9.17) is 49.1 Å². The molecule has 0 unspecified atom stereocenters. The van der Waals surface area contributed by atoms with Crippen molar-refractivity contribution < 1.29 is 52.1 Å². The molecule has 12 rings (SSSR count). The topological polar surface area (TPSA) is 526 Å². The van der Waals surface area contributed by atoms with Gasteiger partial charge in [-0.25, -0.2) is 15.0 Å². The van der Waals surface area contributed by atoms with E-state index in [2.05, 4.69) is 67.6 Å². The smallest absolute Gasteiger partial charge is 0.248 e. The summed E-state index contributed by atoms with van der Waals surface area (Å²) in [6, 6.07) is 43.4. The van der Waals surface area contributed by atoms with Crippen LogP contribution in [0, 0.1) is 12.8 Å². The highest BCUT2D eigenvalue weighted by Gasteiger charge is 2.20. The minimum Gasteiger partial charge on any atom is -0.461 e. The molecule has 31 nitrogen and oxygen atoms in total. The summed E-state index contributed by atoms with van der Waals surface area (Å²) < 4.78 is 10.4. The molecule has 0 aliphatic heterocycles. The van der Waals surface area contributed by atoms with Gasteiger partial charge in [0, 0.05) is 143 Å². The molecule has 5 heterocycles. The van der Waals surface area contributed by atoms with Crippen molar-refractivity contribution in [2.75, 3.05) is 61.4 Å². The fourth-order valence-corrected chi connectivity index (χ4v) is 9.95. The molecule has 11 aromatic rings. The molecule has 1 fully saturated rings. The van der Waals surface area contributed by atoms with Crippen molar-refractivity contribution in [1.29, 1.82) is 0 Å². The number of fused-ring (bicyclic) bond motifs is 4. The fourth-order valence-electron chi connectivity index (χ4n) is 9.95. The molecule has 1 aliphatic rings. The molecule has 0 saturated heterocycles. The van der Waals surface area contributed by atoms with Crippen LogP contribution in [0.1, 0.15) is 123 Å². The number of nitrogen functional groups attached to an aromatic ring is 4. The van der Waals surface area contributed by atoms with Gasteiger partial charge in [0.25, 0.3) is 0 Å². The third-order valence-corrected chi connectivity index (χ3v) is 14.7. The van der Waals surface area contributed by atoms with Crippen molar-refractivity contribution in [2.24, 2.45) is 23.1 Å². The number of aromatic amines is 1. The second-order valence-electron chi connectivity index (χ2n) is 24.0. The normalized spacial score (nSPS) is 12.0. The molecule has 0 bridgehead atoms. The minimum atomic E-state index is -0.507. The number of aryl methyl sites for hydroxylation is 1. The third kappa shape index (κ3) is 32.6. The summed E-state index contributed by atoms with van der Waals surface area (Å²) in [5.74, 6) is 2.16. The number of amides is 9. The molecule has 0 atom stereocenters. The van der Waals surface area contributed by atoms with E-state index in [1.54, 1.807) is 80.0 Å². The number of nitrogens with one attached hydrogen (secondary N) is 9. The third-order valence-electron chi connectivity index (χ3n) is 14.7. The van der Waals surface area contributed by atoms with Gasteiger partial charge in [0.2, 0.25) is 53.2 Å². The van der Waals surface area contributed by atoms with Gasteiger partial charge in [-0.05, 0) is 177 Å². The van der Waals surface area contributed by atoms with Crippen molar-refractivity contribution in [3.05, 3.63) is 180 Å². The maximum atomic E-state index is 10.9. The van der Waals surface area contributed by atoms with E-state index in [1.165, 1.54) is 67.4 Å². The Kier molecular flexibility index (Phi) is 37.1. The molecule has 1 aliphatic carbocycles. The average Bonchev–Trinajstić information content (AvgIpc) is 1.74. The number of furan rings is 1. The maximum absolute atomic E-state index is 10.9. The number of aromatic nitrogens is 5. The molecule has 108 heavy (non-hydrogen) atoms. The van der Waals surface area contributed by atoms with Gasteiger partial charge < -0.3 is 96.6 Å². The lowest BCUT2D eigenvalue weighted by Gasteiger charge is -2.27. The van der Waals surface area contributed by atoms with Crippen LogP contribution in [-0.2, 0) is 51.4 Å². The van der Waals surface area contributed by atoms with Crippen LogP contribution in [0.2, 0.25) is 0 Å². The minimum absolute atomic E-state index is 0. The molecule has 6 aromatic carbocycles. The SMILES string of the molecule is C.C.CC(=O)NC1CCC(CN)CC1.CC(=O)NCc1ccc(N)nc1.CC(=O)Nc1ccc(CN)cc1.CC(=O)Nc1ccc2c(N)nccc2c1.CC(=O)Nc1ccc2cc(C)oc2c1.CC(=O)Nc1ccc2nc(N)[nH]c2c1.CC(=O)Nc1ccc2onc(N)c2c1.CC(=O)Nc1cccc(C(N)=O)c1. The number of rotatable bonds is 12. The molecule has 1 saturated carbocycles. The van der Waals surface area contributed by atoms with Crippen molar-refractivity contribution in [1.82, 2.24) is 35.7 Å². The van der Waals surface area contributed by atoms with Crippen LogP contribution in [0.3, 0.4) is 0 Å². The second-order valence-corrected chi connectivity index (χ2v) is 24.0. The Morgan fingerprint density at radius 3 is 1.59 bits per heavy atom. The molecule has 574 valence electrons. The van der Waals surface area contributed by atoms with E-state index in [-0.39, 0.29) is 62.1 Å². The number of H-pyrrole nitrogens is 1. The monoisotopic (exact) mass is 1480 g/mol. The predicted octanol–water partition coefficient (Wildman–Crippen LogP) is 11.0. The van der Waals surface area contributed by atoms with Gasteiger partial charge in [-0.1, -0.05) is 44.3 Å². The number of pyridine rings is 2. The van der Waals surface area contributed by atoms with Crippen LogP contribution in [0.15, 0.2) is 167 Å². The number of anilines is 10. The molecular weight excluding hydrogens is 1380 g/mol. The first kappa shape index (κ1) is 88.9. The van der Waals surface area contributed by atoms with Crippen molar-refractivity contribution in [2.45, 2.75) is 122 Å². The lowest BCUT2D eigenvalue weighted by Crippen LogP contribution is -2.37. The van der Waals surface area contributed by atoms with Crippen LogP contribution < -0.4 is 82.7 Å². The summed E-state index contributed by atoms with van der Waals surface area (Å²) in [5, 5.41) is 28.8. The Morgan fingerprint density at radius 1 is 0.500 bits per heavy atom. The zero-order chi connectivity index (χ0) is 78.0. The second kappa shape index (κ2) is 45.1. The Labute approximate surface area is 626 Å². The number of nitrogens with two attached hydrogens (primary N) is 7. The van der Waals surface area contributed by atoms with Gasteiger partial charge in [-0.3, -0.25) is 43.2 Å². The van der Waals surface area contributed by atoms with Gasteiger partial charge in [-0.15, -0.1) is 0 Å². The zero-order valence-electron chi connectivity index (χ0n) is 60.4. The van der Waals surface area contributed by atoms with Gasteiger partial charge in [0.05, 0.1) is 16.4 Å². The first-order valence-electron chi connectivity index (χ1n) is 33.2. The van der Waals surface area contributed by atoms with E-state index in [0.29, 0.717) is 76.4 Å². The summed E-state index contributed by atoms with van der Waals surface area (Å²) in [7, 11) is 0. The Hall–Kier alpha value is -13.3. The predicted molar refractivity (Wildman–Crippen MR) is 429 cm³/mol. The average molecular weight is 1480 g/mol. The highest BCUT2D eigenvalue weighted by molar-refractivity contribution is 5.99. The summed E-state index contributed by atoms with van der Waals surface area (Å²) in [6.45, 7) is 15.5. The van der Waals surface area contributed by atoms with Crippen LogP contribution in [-0.4, -0.2) is 90.8 Å². The van der Waals surface area contributed by atoms with Gasteiger partial charge in [0.1, 0.15) is 23.0 Å².